The van der Waals surface area contributed by atoms with Gasteiger partial charge in [-0.1, -0.05) is 18.6 Å². The minimum Gasteiger partial charge on any atom is -0.382 e. The quantitative estimate of drug-likeness (QED) is 0.887. The highest BCUT2D eigenvalue weighted by atomic mass is 32.2. The molecule has 104 valence electrons. The summed E-state index contributed by atoms with van der Waals surface area (Å²) in [5.74, 6) is 1.65. The standard InChI is InChI=1S/C14H20N2O2S/c15-19(17,18)9-10-2-5-13(6-3-10)16-14-8-11-1-4-12(14)7-11/h2-3,5-6,11-12,14,16H,1,4,7-9H2,(H2,15,17,18). The van der Waals surface area contributed by atoms with E-state index in [2.05, 4.69) is 5.32 Å². The Labute approximate surface area is 114 Å². The molecule has 2 fully saturated rings. The third-order valence-corrected chi connectivity index (χ3v) is 5.15. The molecule has 3 N–H and O–H groups in total. The van der Waals surface area contributed by atoms with E-state index in [-0.39, 0.29) is 5.75 Å². The van der Waals surface area contributed by atoms with Crippen LogP contribution >= 0.6 is 0 Å². The fraction of sp³-hybridized carbons (Fsp3) is 0.571. The molecule has 0 radical (unpaired) electrons. The van der Waals surface area contributed by atoms with E-state index in [0.717, 1.165) is 23.1 Å². The summed E-state index contributed by atoms with van der Waals surface area (Å²) in [4.78, 5) is 0. The van der Waals surface area contributed by atoms with Gasteiger partial charge >= 0.3 is 0 Å². The maximum atomic E-state index is 11.0. The summed E-state index contributed by atoms with van der Waals surface area (Å²) in [6, 6.07) is 8.17. The molecule has 3 rings (SSSR count). The molecule has 0 aliphatic heterocycles. The second-order valence-electron chi connectivity index (χ2n) is 5.93. The van der Waals surface area contributed by atoms with Gasteiger partial charge in [0.05, 0.1) is 5.75 Å². The Balaban J connectivity index is 1.63. The molecule has 1 aromatic rings. The number of fused-ring (bicyclic) bond motifs is 2. The molecule has 2 bridgehead atoms. The average Bonchev–Trinajstić information content (AvgIpc) is 2.92. The Morgan fingerprint density at radius 2 is 1.89 bits per heavy atom. The Hall–Kier alpha value is -1.07. The van der Waals surface area contributed by atoms with Gasteiger partial charge in [0.25, 0.3) is 0 Å². The van der Waals surface area contributed by atoms with Crippen LogP contribution in [0.5, 0.6) is 0 Å². The monoisotopic (exact) mass is 280 g/mol. The van der Waals surface area contributed by atoms with Gasteiger partial charge < -0.3 is 5.32 Å². The van der Waals surface area contributed by atoms with Gasteiger partial charge in [0, 0.05) is 11.7 Å². The lowest BCUT2D eigenvalue weighted by Crippen LogP contribution is -2.25. The minimum absolute atomic E-state index is 0.0958. The van der Waals surface area contributed by atoms with Crippen molar-refractivity contribution in [3.8, 4) is 0 Å². The lowest BCUT2D eigenvalue weighted by Gasteiger charge is -2.24. The molecule has 4 nitrogen and oxygen atoms in total. The van der Waals surface area contributed by atoms with Crippen LogP contribution in [-0.4, -0.2) is 14.5 Å². The van der Waals surface area contributed by atoms with E-state index < -0.39 is 10.0 Å². The van der Waals surface area contributed by atoms with Crippen molar-refractivity contribution in [2.75, 3.05) is 5.32 Å². The van der Waals surface area contributed by atoms with Crippen molar-refractivity contribution in [3.05, 3.63) is 29.8 Å². The molecule has 19 heavy (non-hydrogen) atoms. The van der Waals surface area contributed by atoms with E-state index in [0.29, 0.717) is 6.04 Å². The topological polar surface area (TPSA) is 72.2 Å². The van der Waals surface area contributed by atoms with Crippen molar-refractivity contribution in [2.45, 2.75) is 37.5 Å². The van der Waals surface area contributed by atoms with E-state index in [1.807, 2.05) is 24.3 Å². The molecule has 0 saturated heterocycles. The number of anilines is 1. The molecule has 2 aliphatic rings. The normalized spacial score (nSPS) is 29.6. The summed E-state index contributed by atoms with van der Waals surface area (Å²) >= 11 is 0. The fourth-order valence-corrected chi connectivity index (χ4v) is 4.22. The summed E-state index contributed by atoms with van der Waals surface area (Å²) in [7, 11) is -3.44. The molecular formula is C14H20N2O2S. The second-order valence-corrected chi connectivity index (χ2v) is 7.54. The molecule has 0 spiro atoms. The lowest BCUT2D eigenvalue weighted by molar-refractivity contribution is 0.440. The molecular weight excluding hydrogens is 260 g/mol. The van der Waals surface area contributed by atoms with Crippen molar-refractivity contribution < 1.29 is 8.42 Å². The summed E-state index contributed by atoms with van der Waals surface area (Å²) in [5.41, 5.74) is 1.82. The Kier molecular flexibility index (Phi) is 3.27. The van der Waals surface area contributed by atoms with E-state index >= 15 is 0 Å². The first-order chi connectivity index (χ1) is 8.99. The predicted molar refractivity (Wildman–Crippen MR) is 76.1 cm³/mol. The third-order valence-electron chi connectivity index (χ3n) is 4.41. The summed E-state index contributed by atoms with van der Waals surface area (Å²) in [6.45, 7) is 0. The molecule has 1 aromatic carbocycles. The van der Waals surface area contributed by atoms with E-state index in [1.165, 1.54) is 25.7 Å². The molecule has 5 heteroatoms. The van der Waals surface area contributed by atoms with Crippen LogP contribution in [0, 0.1) is 11.8 Å². The zero-order chi connectivity index (χ0) is 13.5. The molecule has 2 saturated carbocycles. The van der Waals surface area contributed by atoms with Gasteiger partial charge in [0.2, 0.25) is 10.0 Å². The fourth-order valence-electron chi connectivity index (χ4n) is 3.57. The van der Waals surface area contributed by atoms with Gasteiger partial charge in [-0.25, -0.2) is 13.6 Å². The second kappa shape index (κ2) is 4.80. The van der Waals surface area contributed by atoms with E-state index in [9.17, 15) is 8.42 Å². The highest BCUT2D eigenvalue weighted by Crippen LogP contribution is 2.45. The van der Waals surface area contributed by atoms with Crippen LogP contribution in [0.25, 0.3) is 0 Å². The number of hydrogen-bond donors (Lipinski definition) is 2. The van der Waals surface area contributed by atoms with Crippen molar-refractivity contribution >= 4 is 15.7 Å². The first-order valence-corrected chi connectivity index (χ1v) is 8.57. The first kappa shape index (κ1) is 12.9. The van der Waals surface area contributed by atoms with Crippen molar-refractivity contribution in [3.63, 3.8) is 0 Å². The Bertz CT molecular complexity index is 553. The maximum Gasteiger partial charge on any atom is 0.213 e. The Morgan fingerprint density at radius 3 is 2.42 bits per heavy atom. The van der Waals surface area contributed by atoms with Crippen LogP contribution in [0.1, 0.15) is 31.2 Å². The van der Waals surface area contributed by atoms with Crippen LogP contribution in [0.2, 0.25) is 0 Å². The van der Waals surface area contributed by atoms with Gasteiger partial charge in [-0.2, -0.15) is 0 Å². The molecule has 0 heterocycles. The Morgan fingerprint density at radius 1 is 1.16 bits per heavy atom. The zero-order valence-electron chi connectivity index (χ0n) is 10.9. The van der Waals surface area contributed by atoms with Crippen LogP contribution in [0.15, 0.2) is 24.3 Å². The number of benzene rings is 1. The molecule has 3 atom stereocenters. The van der Waals surface area contributed by atoms with Gasteiger partial charge in [0.15, 0.2) is 0 Å². The van der Waals surface area contributed by atoms with Crippen LogP contribution < -0.4 is 10.5 Å². The number of hydrogen-bond acceptors (Lipinski definition) is 3. The van der Waals surface area contributed by atoms with Crippen LogP contribution in [0.3, 0.4) is 0 Å². The van der Waals surface area contributed by atoms with E-state index in [4.69, 9.17) is 5.14 Å². The zero-order valence-corrected chi connectivity index (χ0v) is 11.7. The largest absolute Gasteiger partial charge is 0.382 e. The number of nitrogens with one attached hydrogen (secondary N) is 1. The predicted octanol–water partition coefficient (Wildman–Crippen LogP) is 2.08. The number of primary sulfonamides is 1. The van der Waals surface area contributed by atoms with Crippen molar-refractivity contribution in [2.24, 2.45) is 17.0 Å². The van der Waals surface area contributed by atoms with Crippen molar-refractivity contribution in [1.29, 1.82) is 0 Å². The first-order valence-electron chi connectivity index (χ1n) is 6.85. The van der Waals surface area contributed by atoms with Crippen LogP contribution in [0.4, 0.5) is 5.69 Å². The average molecular weight is 280 g/mol. The summed E-state index contributed by atoms with van der Waals surface area (Å²) < 4.78 is 22.0. The SMILES string of the molecule is NS(=O)(=O)Cc1ccc(NC2CC3CCC2C3)cc1. The number of nitrogens with two attached hydrogens (primary N) is 1. The molecule has 0 amide bonds. The summed E-state index contributed by atoms with van der Waals surface area (Å²) in [5, 5.41) is 8.62. The molecule has 0 aromatic heterocycles. The maximum absolute atomic E-state index is 11.0. The minimum atomic E-state index is -3.44. The summed E-state index contributed by atoms with van der Waals surface area (Å²) in [6.07, 6.45) is 5.41. The van der Waals surface area contributed by atoms with E-state index in [1.54, 1.807) is 0 Å². The number of sulfonamides is 1. The van der Waals surface area contributed by atoms with Crippen LogP contribution in [-0.2, 0) is 15.8 Å². The van der Waals surface area contributed by atoms with Gasteiger partial charge in [-0.15, -0.1) is 0 Å². The molecule has 3 unspecified atom stereocenters. The highest BCUT2D eigenvalue weighted by Gasteiger charge is 2.39. The third kappa shape index (κ3) is 3.09. The van der Waals surface area contributed by atoms with Gasteiger partial charge in [-0.05, 0) is 48.8 Å². The lowest BCUT2D eigenvalue weighted by atomic mass is 9.95. The van der Waals surface area contributed by atoms with Crippen molar-refractivity contribution in [1.82, 2.24) is 0 Å². The molecule has 2 aliphatic carbocycles. The van der Waals surface area contributed by atoms with Gasteiger partial charge in [0.1, 0.15) is 0 Å². The highest BCUT2D eigenvalue weighted by molar-refractivity contribution is 7.88. The number of rotatable bonds is 4. The smallest absolute Gasteiger partial charge is 0.213 e. The van der Waals surface area contributed by atoms with Gasteiger partial charge in [-0.3, -0.25) is 0 Å².